The van der Waals surface area contributed by atoms with Crippen molar-refractivity contribution in [2.45, 2.75) is 13.5 Å². The Bertz CT molecular complexity index is 540. The fourth-order valence-corrected chi connectivity index (χ4v) is 1.81. The topological polar surface area (TPSA) is 21.3 Å². The summed E-state index contributed by atoms with van der Waals surface area (Å²) in [5.41, 5.74) is 3.23. The molecule has 0 spiro atoms. The van der Waals surface area contributed by atoms with Crippen molar-refractivity contribution >= 4 is 5.69 Å². The predicted molar refractivity (Wildman–Crippen MR) is 71.5 cm³/mol. The molecule has 0 atom stereocenters. The van der Waals surface area contributed by atoms with Crippen molar-refractivity contribution in [3.63, 3.8) is 0 Å². The van der Waals surface area contributed by atoms with Crippen LogP contribution in [0.4, 0.5) is 10.1 Å². The number of ether oxygens (including phenoxy) is 1. The second-order valence-corrected chi connectivity index (χ2v) is 4.12. The number of rotatable bonds is 4. The third kappa shape index (κ3) is 2.80. The maximum Gasteiger partial charge on any atom is 0.144 e. The first-order valence-electron chi connectivity index (χ1n) is 5.82. The summed E-state index contributed by atoms with van der Waals surface area (Å²) in [5, 5.41) is 3.26. The summed E-state index contributed by atoms with van der Waals surface area (Å²) >= 11 is 0. The number of nitrogens with one attached hydrogen (secondary N) is 1. The van der Waals surface area contributed by atoms with E-state index < -0.39 is 0 Å². The van der Waals surface area contributed by atoms with Gasteiger partial charge in [-0.3, -0.25) is 0 Å². The zero-order chi connectivity index (χ0) is 13.0. The fourth-order valence-electron chi connectivity index (χ4n) is 1.81. The highest BCUT2D eigenvalue weighted by molar-refractivity contribution is 5.56. The van der Waals surface area contributed by atoms with Gasteiger partial charge in [0.1, 0.15) is 11.6 Å². The quantitative estimate of drug-likeness (QED) is 0.885. The van der Waals surface area contributed by atoms with E-state index in [1.54, 1.807) is 6.07 Å². The smallest absolute Gasteiger partial charge is 0.144 e. The Hall–Kier alpha value is -2.03. The van der Waals surface area contributed by atoms with Crippen molar-refractivity contribution in [1.82, 2.24) is 0 Å². The minimum absolute atomic E-state index is 0.298. The van der Waals surface area contributed by atoms with Crippen LogP contribution in [0.1, 0.15) is 11.1 Å². The zero-order valence-corrected chi connectivity index (χ0v) is 10.5. The molecule has 0 aliphatic heterocycles. The molecule has 0 bridgehead atoms. The molecule has 2 rings (SSSR count). The van der Waals surface area contributed by atoms with E-state index >= 15 is 0 Å². The molecule has 0 amide bonds. The molecule has 1 N–H and O–H groups in total. The van der Waals surface area contributed by atoms with Crippen LogP contribution in [0, 0.1) is 12.7 Å². The number of hydrogen-bond acceptors (Lipinski definition) is 2. The van der Waals surface area contributed by atoms with Crippen molar-refractivity contribution < 1.29 is 9.13 Å². The minimum Gasteiger partial charge on any atom is -0.494 e. The van der Waals surface area contributed by atoms with Gasteiger partial charge in [-0.2, -0.15) is 0 Å². The Morgan fingerprint density at radius 3 is 2.67 bits per heavy atom. The van der Waals surface area contributed by atoms with E-state index in [0.29, 0.717) is 12.3 Å². The molecule has 2 aromatic carbocycles. The number of methoxy groups -OCH3 is 1. The van der Waals surface area contributed by atoms with Gasteiger partial charge in [0.05, 0.1) is 12.8 Å². The first-order chi connectivity index (χ1) is 8.70. The van der Waals surface area contributed by atoms with E-state index in [0.717, 1.165) is 5.69 Å². The van der Waals surface area contributed by atoms with Gasteiger partial charge in [0.25, 0.3) is 0 Å². The number of halogens is 1. The van der Waals surface area contributed by atoms with Crippen LogP contribution in [0.5, 0.6) is 5.75 Å². The van der Waals surface area contributed by atoms with Crippen LogP contribution in [-0.2, 0) is 6.54 Å². The summed E-state index contributed by atoms with van der Waals surface area (Å²) in [7, 11) is 1.54. The van der Waals surface area contributed by atoms with Crippen molar-refractivity contribution in [3.05, 3.63) is 59.4 Å². The summed E-state index contributed by atoms with van der Waals surface area (Å²) in [6.07, 6.45) is 0. The number of anilines is 1. The molecule has 0 aromatic heterocycles. The van der Waals surface area contributed by atoms with Gasteiger partial charge in [-0.1, -0.05) is 24.3 Å². The first kappa shape index (κ1) is 12.4. The highest BCUT2D eigenvalue weighted by Gasteiger charge is 2.04. The molecule has 0 unspecified atom stereocenters. The van der Waals surface area contributed by atoms with Crippen LogP contribution in [0.15, 0.2) is 42.5 Å². The SMILES string of the molecule is COc1cc(F)ccc1NCc1ccccc1C. The Balaban J connectivity index is 2.13. The lowest BCUT2D eigenvalue weighted by Gasteiger charge is -2.12. The second kappa shape index (κ2) is 5.54. The van der Waals surface area contributed by atoms with E-state index in [1.807, 2.05) is 12.1 Å². The van der Waals surface area contributed by atoms with E-state index in [1.165, 1.54) is 30.4 Å². The van der Waals surface area contributed by atoms with Crippen LogP contribution in [0.25, 0.3) is 0 Å². The van der Waals surface area contributed by atoms with Crippen molar-refractivity contribution in [1.29, 1.82) is 0 Å². The molecule has 2 aromatic rings. The van der Waals surface area contributed by atoms with Crippen molar-refractivity contribution in [2.24, 2.45) is 0 Å². The molecule has 0 aliphatic rings. The number of benzene rings is 2. The number of hydrogen-bond donors (Lipinski definition) is 1. The van der Waals surface area contributed by atoms with Crippen molar-refractivity contribution in [3.8, 4) is 5.75 Å². The monoisotopic (exact) mass is 245 g/mol. The summed E-state index contributed by atoms with van der Waals surface area (Å²) in [6, 6.07) is 12.6. The predicted octanol–water partition coefficient (Wildman–Crippen LogP) is 3.75. The molecule has 0 radical (unpaired) electrons. The Morgan fingerprint density at radius 1 is 1.17 bits per heavy atom. The molecule has 0 aliphatic carbocycles. The van der Waals surface area contributed by atoms with Gasteiger partial charge in [0, 0.05) is 12.6 Å². The third-order valence-corrected chi connectivity index (χ3v) is 2.89. The highest BCUT2D eigenvalue weighted by Crippen LogP contribution is 2.25. The summed E-state index contributed by atoms with van der Waals surface area (Å²) in [5.74, 6) is 0.219. The molecular weight excluding hydrogens is 229 g/mol. The molecule has 0 heterocycles. The molecule has 2 nitrogen and oxygen atoms in total. The Morgan fingerprint density at radius 2 is 1.94 bits per heavy atom. The lowest BCUT2D eigenvalue weighted by molar-refractivity contribution is 0.413. The Kier molecular flexibility index (Phi) is 3.82. The fraction of sp³-hybridized carbons (Fsp3) is 0.200. The molecule has 18 heavy (non-hydrogen) atoms. The van der Waals surface area contributed by atoms with E-state index in [-0.39, 0.29) is 5.82 Å². The molecule has 0 saturated heterocycles. The van der Waals surface area contributed by atoms with Gasteiger partial charge in [-0.05, 0) is 30.2 Å². The van der Waals surface area contributed by atoms with E-state index in [2.05, 4.69) is 24.4 Å². The summed E-state index contributed by atoms with van der Waals surface area (Å²) in [6.45, 7) is 2.76. The van der Waals surface area contributed by atoms with Gasteiger partial charge >= 0.3 is 0 Å². The van der Waals surface area contributed by atoms with Gasteiger partial charge in [0.2, 0.25) is 0 Å². The van der Waals surface area contributed by atoms with E-state index in [4.69, 9.17) is 4.74 Å². The summed E-state index contributed by atoms with van der Waals surface area (Å²) < 4.78 is 18.2. The maximum absolute atomic E-state index is 13.1. The van der Waals surface area contributed by atoms with Gasteiger partial charge in [0.15, 0.2) is 0 Å². The maximum atomic E-state index is 13.1. The normalized spacial score (nSPS) is 10.2. The average Bonchev–Trinajstić information content (AvgIpc) is 2.39. The lowest BCUT2D eigenvalue weighted by atomic mass is 10.1. The lowest BCUT2D eigenvalue weighted by Crippen LogP contribution is -2.03. The number of aryl methyl sites for hydroxylation is 1. The largest absolute Gasteiger partial charge is 0.494 e. The third-order valence-electron chi connectivity index (χ3n) is 2.89. The van der Waals surface area contributed by atoms with Gasteiger partial charge < -0.3 is 10.1 Å². The molecule has 0 fully saturated rings. The zero-order valence-electron chi connectivity index (χ0n) is 10.5. The first-order valence-corrected chi connectivity index (χ1v) is 5.82. The second-order valence-electron chi connectivity index (χ2n) is 4.12. The van der Waals surface area contributed by atoms with Crippen LogP contribution in [0.3, 0.4) is 0 Å². The molecule has 0 saturated carbocycles. The van der Waals surface area contributed by atoms with E-state index in [9.17, 15) is 4.39 Å². The van der Waals surface area contributed by atoms with Crippen LogP contribution >= 0.6 is 0 Å². The standard InChI is InChI=1S/C15H16FNO/c1-11-5-3-4-6-12(11)10-17-14-8-7-13(16)9-15(14)18-2/h3-9,17H,10H2,1-2H3. The van der Waals surface area contributed by atoms with Crippen molar-refractivity contribution in [2.75, 3.05) is 12.4 Å². The molecular formula is C15H16FNO. The highest BCUT2D eigenvalue weighted by atomic mass is 19.1. The van der Waals surface area contributed by atoms with Crippen LogP contribution in [0.2, 0.25) is 0 Å². The van der Waals surface area contributed by atoms with Crippen LogP contribution < -0.4 is 10.1 Å². The van der Waals surface area contributed by atoms with Crippen LogP contribution in [-0.4, -0.2) is 7.11 Å². The minimum atomic E-state index is -0.298. The Labute approximate surface area is 106 Å². The summed E-state index contributed by atoms with van der Waals surface area (Å²) in [4.78, 5) is 0. The molecule has 3 heteroatoms. The average molecular weight is 245 g/mol. The van der Waals surface area contributed by atoms with Gasteiger partial charge in [-0.15, -0.1) is 0 Å². The molecule has 94 valence electrons. The van der Waals surface area contributed by atoms with Gasteiger partial charge in [-0.25, -0.2) is 4.39 Å².